The largest absolute Gasteiger partial charge is 0.494 e. The molecule has 3 N–H and O–H groups in total. The van der Waals surface area contributed by atoms with Crippen LogP contribution in [0.25, 0.3) is 0 Å². The number of nitrogens with one attached hydrogen (secondary N) is 2. The van der Waals surface area contributed by atoms with Gasteiger partial charge in [0.2, 0.25) is 0 Å². The van der Waals surface area contributed by atoms with Crippen molar-refractivity contribution < 1.29 is 19.4 Å². The first kappa shape index (κ1) is 18.1. The van der Waals surface area contributed by atoms with Gasteiger partial charge >= 0.3 is 12.0 Å². The average molecular weight is 329 g/mol. The number of halogens is 1. The van der Waals surface area contributed by atoms with Gasteiger partial charge in [-0.15, -0.1) is 0 Å². The molecule has 0 atom stereocenters. The van der Waals surface area contributed by atoms with Crippen LogP contribution in [0.4, 0.5) is 4.79 Å². The van der Waals surface area contributed by atoms with Gasteiger partial charge in [-0.1, -0.05) is 11.6 Å². The van der Waals surface area contributed by atoms with Crippen LogP contribution in [0.1, 0.15) is 25.3 Å². The van der Waals surface area contributed by atoms with Crippen LogP contribution in [0.2, 0.25) is 5.02 Å². The van der Waals surface area contributed by atoms with Crippen molar-refractivity contribution in [3.63, 3.8) is 0 Å². The van der Waals surface area contributed by atoms with Crippen molar-refractivity contribution in [1.29, 1.82) is 0 Å². The maximum Gasteiger partial charge on any atom is 0.314 e. The van der Waals surface area contributed by atoms with E-state index in [9.17, 15) is 9.59 Å². The van der Waals surface area contributed by atoms with Gasteiger partial charge in [-0.3, -0.25) is 4.79 Å². The van der Waals surface area contributed by atoms with E-state index in [0.29, 0.717) is 37.6 Å². The van der Waals surface area contributed by atoms with Gasteiger partial charge < -0.3 is 20.5 Å². The molecule has 0 fully saturated rings. The van der Waals surface area contributed by atoms with Crippen LogP contribution in [0.5, 0.6) is 5.75 Å². The fourth-order valence-electron chi connectivity index (χ4n) is 1.85. The van der Waals surface area contributed by atoms with Gasteiger partial charge in [-0.2, -0.15) is 0 Å². The van der Waals surface area contributed by atoms with Crippen molar-refractivity contribution in [1.82, 2.24) is 10.6 Å². The molecular formula is C15H21ClN2O4. The number of amides is 2. The van der Waals surface area contributed by atoms with Crippen LogP contribution in [0.3, 0.4) is 0 Å². The Labute approximate surface area is 134 Å². The highest BCUT2D eigenvalue weighted by Gasteiger charge is 2.06. The van der Waals surface area contributed by atoms with Gasteiger partial charge in [0.1, 0.15) is 5.75 Å². The first-order valence-corrected chi connectivity index (χ1v) is 7.55. The molecule has 7 heteroatoms. The molecule has 1 aromatic carbocycles. The van der Waals surface area contributed by atoms with Gasteiger partial charge in [0.25, 0.3) is 0 Å². The number of aliphatic carboxylic acids is 1. The van der Waals surface area contributed by atoms with E-state index < -0.39 is 5.97 Å². The summed E-state index contributed by atoms with van der Waals surface area (Å²) in [6, 6.07) is 5.08. The monoisotopic (exact) mass is 328 g/mol. The summed E-state index contributed by atoms with van der Waals surface area (Å²) in [6.45, 7) is 3.23. The standard InChI is InChI=1S/C15H21ClN2O4/c1-2-22-13-6-5-12(16)10-11(13)7-9-18-15(21)17-8-3-4-14(19)20/h5-6,10H,2-4,7-9H2,1H3,(H,19,20)(H2,17,18,21). The molecule has 0 spiro atoms. The molecule has 0 unspecified atom stereocenters. The predicted molar refractivity (Wildman–Crippen MR) is 84.6 cm³/mol. The van der Waals surface area contributed by atoms with Gasteiger partial charge in [-0.25, -0.2) is 4.79 Å². The second-order valence-corrected chi connectivity index (χ2v) is 5.05. The van der Waals surface area contributed by atoms with E-state index in [-0.39, 0.29) is 12.5 Å². The van der Waals surface area contributed by atoms with Crippen LogP contribution in [-0.2, 0) is 11.2 Å². The summed E-state index contributed by atoms with van der Waals surface area (Å²) in [4.78, 5) is 21.9. The van der Waals surface area contributed by atoms with Crippen LogP contribution < -0.4 is 15.4 Å². The summed E-state index contributed by atoms with van der Waals surface area (Å²) in [6.07, 6.45) is 1.05. The second-order valence-electron chi connectivity index (χ2n) is 4.62. The SMILES string of the molecule is CCOc1ccc(Cl)cc1CCNC(=O)NCCCC(=O)O. The lowest BCUT2D eigenvalue weighted by molar-refractivity contribution is -0.137. The van der Waals surface area contributed by atoms with Crippen molar-refractivity contribution in [2.45, 2.75) is 26.2 Å². The zero-order chi connectivity index (χ0) is 16.4. The summed E-state index contributed by atoms with van der Waals surface area (Å²) in [5, 5.41) is 14.4. The minimum absolute atomic E-state index is 0.0422. The zero-order valence-corrected chi connectivity index (χ0v) is 13.3. The van der Waals surface area contributed by atoms with Crippen molar-refractivity contribution in [3.8, 4) is 5.75 Å². The molecule has 22 heavy (non-hydrogen) atoms. The molecule has 122 valence electrons. The summed E-state index contributed by atoms with van der Waals surface area (Å²) in [5.41, 5.74) is 0.931. The molecule has 2 amide bonds. The Morgan fingerprint density at radius 2 is 2.00 bits per heavy atom. The molecular weight excluding hydrogens is 308 g/mol. The van der Waals surface area contributed by atoms with E-state index in [1.165, 1.54) is 0 Å². The first-order chi connectivity index (χ1) is 10.5. The summed E-state index contributed by atoms with van der Waals surface area (Å²) in [5.74, 6) is -0.109. The normalized spacial score (nSPS) is 10.1. The summed E-state index contributed by atoms with van der Waals surface area (Å²) in [7, 11) is 0. The topological polar surface area (TPSA) is 87.7 Å². The number of ether oxygens (including phenoxy) is 1. The Bertz CT molecular complexity index is 508. The molecule has 0 saturated carbocycles. The number of hydrogen-bond donors (Lipinski definition) is 3. The van der Waals surface area contributed by atoms with Crippen LogP contribution in [0, 0.1) is 0 Å². The average Bonchev–Trinajstić information content (AvgIpc) is 2.46. The maximum absolute atomic E-state index is 11.5. The third kappa shape index (κ3) is 7.17. The minimum Gasteiger partial charge on any atom is -0.494 e. The van der Waals surface area contributed by atoms with Gasteiger partial charge in [0.15, 0.2) is 0 Å². The molecule has 0 aliphatic heterocycles. The lowest BCUT2D eigenvalue weighted by Gasteiger charge is -2.11. The third-order valence-corrected chi connectivity index (χ3v) is 3.09. The molecule has 0 bridgehead atoms. The molecule has 0 aliphatic rings. The quantitative estimate of drug-likeness (QED) is 0.608. The number of carbonyl (C=O) groups excluding carboxylic acids is 1. The van der Waals surface area contributed by atoms with E-state index >= 15 is 0 Å². The zero-order valence-electron chi connectivity index (χ0n) is 12.5. The van der Waals surface area contributed by atoms with Crippen molar-refractivity contribution >= 4 is 23.6 Å². The molecule has 0 saturated heterocycles. The molecule has 6 nitrogen and oxygen atoms in total. The molecule has 1 rings (SSSR count). The smallest absolute Gasteiger partial charge is 0.314 e. The lowest BCUT2D eigenvalue weighted by Crippen LogP contribution is -2.37. The Hall–Kier alpha value is -1.95. The van der Waals surface area contributed by atoms with Crippen LogP contribution in [0.15, 0.2) is 18.2 Å². The highest BCUT2D eigenvalue weighted by Crippen LogP contribution is 2.23. The Kier molecular flexibility index (Phi) is 8.14. The maximum atomic E-state index is 11.5. The number of carboxylic acids is 1. The highest BCUT2D eigenvalue weighted by molar-refractivity contribution is 6.30. The van der Waals surface area contributed by atoms with Crippen LogP contribution in [-0.4, -0.2) is 36.8 Å². The number of urea groups is 1. The summed E-state index contributed by atoms with van der Waals surface area (Å²) >= 11 is 5.97. The molecule has 1 aromatic rings. The fraction of sp³-hybridized carbons (Fsp3) is 0.467. The number of hydrogen-bond acceptors (Lipinski definition) is 3. The Morgan fingerprint density at radius 3 is 2.68 bits per heavy atom. The van der Waals surface area contributed by atoms with Gasteiger partial charge in [-0.05, 0) is 43.5 Å². The predicted octanol–water partition coefficient (Wildman–Crippen LogP) is 2.45. The van der Waals surface area contributed by atoms with Crippen molar-refractivity contribution in [3.05, 3.63) is 28.8 Å². The van der Waals surface area contributed by atoms with E-state index in [1.54, 1.807) is 6.07 Å². The Morgan fingerprint density at radius 1 is 1.27 bits per heavy atom. The molecule has 0 heterocycles. The van der Waals surface area contributed by atoms with Gasteiger partial charge in [0, 0.05) is 24.5 Å². The van der Waals surface area contributed by atoms with Gasteiger partial charge in [0.05, 0.1) is 6.61 Å². The molecule has 0 radical (unpaired) electrons. The number of benzene rings is 1. The number of carboxylic acid groups (broad SMARTS) is 1. The minimum atomic E-state index is -0.869. The van der Waals surface area contributed by atoms with E-state index in [4.69, 9.17) is 21.4 Å². The highest BCUT2D eigenvalue weighted by atomic mass is 35.5. The Balaban J connectivity index is 2.32. The molecule has 0 aromatic heterocycles. The second kappa shape index (κ2) is 9.89. The molecule has 0 aliphatic carbocycles. The van der Waals surface area contributed by atoms with Crippen molar-refractivity contribution in [2.75, 3.05) is 19.7 Å². The number of rotatable bonds is 9. The van der Waals surface area contributed by atoms with E-state index in [0.717, 1.165) is 11.3 Å². The fourth-order valence-corrected chi connectivity index (χ4v) is 2.05. The van der Waals surface area contributed by atoms with E-state index in [2.05, 4.69) is 10.6 Å². The first-order valence-electron chi connectivity index (χ1n) is 7.17. The van der Waals surface area contributed by atoms with Crippen LogP contribution >= 0.6 is 11.6 Å². The van der Waals surface area contributed by atoms with Crippen molar-refractivity contribution in [2.24, 2.45) is 0 Å². The summed E-state index contributed by atoms with van der Waals surface area (Å²) < 4.78 is 5.51. The van der Waals surface area contributed by atoms with E-state index in [1.807, 2.05) is 19.1 Å². The lowest BCUT2D eigenvalue weighted by atomic mass is 10.1. The number of carbonyl (C=O) groups is 2. The third-order valence-electron chi connectivity index (χ3n) is 2.86.